The maximum atomic E-state index is 11.6. The van der Waals surface area contributed by atoms with Crippen LogP contribution in [-0.2, 0) is 4.79 Å². The molecule has 0 aliphatic rings. The number of para-hydroxylation sites is 1. The van der Waals surface area contributed by atoms with Crippen molar-refractivity contribution < 1.29 is 22.9 Å². The van der Waals surface area contributed by atoms with Crippen molar-refractivity contribution in [2.45, 2.75) is 25.7 Å². The number of halogens is 1. The first-order chi connectivity index (χ1) is 10.3. The van der Waals surface area contributed by atoms with Crippen molar-refractivity contribution in [1.29, 1.82) is 0 Å². The van der Waals surface area contributed by atoms with E-state index in [0.717, 1.165) is 42.4 Å². The third kappa shape index (κ3) is 5.38. The Morgan fingerprint density at radius 2 is 2.05 bits per heavy atom. The van der Waals surface area contributed by atoms with Crippen LogP contribution in [0.3, 0.4) is 0 Å². The van der Waals surface area contributed by atoms with Gasteiger partial charge in [0.25, 0.3) is 0 Å². The molecule has 0 atom stereocenters. The molecule has 1 amide bonds. The molecule has 1 aromatic carbocycles. The molecule has 2 rings (SSSR count). The van der Waals surface area contributed by atoms with Crippen molar-refractivity contribution in [3.05, 3.63) is 36.2 Å². The molecular formula is C15H20ClN5O. The van der Waals surface area contributed by atoms with Gasteiger partial charge in [0.05, 0.1) is 23.8 Å². The fourth-order valence-corrected chi connectivity index (χ4v) is 1.99. The number of carbonyl (C=O) groups excluding carboxylic acids is 1. The number of carbonyl (C=O) groups is 1. The normalized spacial score (nSPS) is 10.6. The Kier molecular flexibility index (Phi) is 8.03. The van der Waals surface area contributed by atoms with Crippen molar-refractivity contribution >= 4 is 23.2 Å². The average Bonchev–Trinajstić information content (AvgIpc) is 2.52. The van der Waals surface area contributed by atoms with Gasteiger partial charge in [-0.1, -0.05) is 12.1 Å². The molecule has 6 nitrogen and oxygen atoms in total. The zero-order chi connectivity index (χ0) is 14.9. The quantitative estimate of drug-likeness (QED) is 0.347. The van der Waals surface area contributed by atoms with E-state index in [0.29, 0.717) is 6.42 Å². The van der Waals surface area contributed by atoms with Crippen LogP contribution in [0.5, 0.6) is 0 Å². The lowest BCUT2D eigenvalue weighted by Crippen LogP contribution is -3.00. The van der Waals surface area contributed by atoms with Crippen LogP contribution in [0.4, 0.5) is 0 Å². The molecule has 7 heteroatoms. The molecule has 2 aromatic rings. The molecule has 0 unspecified atom stereocenters. The first-order valence-corrected chi connectivity index (χ1v) is 7.12. The van der Waals surface area contributed by atoms with E-state index in [2.05, 4.69) is 26.2 Å². The number of amides is 1. The molecule has 118 valence electrons. The summed E-state index contributed by atoms with van der Waals surface area (Å²) in [4.78, 5) is 20.1. The predicted octanol–water partition coefficient (Wildman–Crippen LogP) is -2.11. The molecular weight excluding hydrogens is 302 g/mol. The standard InChI is InChI=1S/C15H19N5O.ClH/c16-8-3-1-2-7-14(21)20-19-11-12-5-4-6-13-15(12)18-10-9-17-13;/h4-6,9-11H,1-3,7-8,16H2,(H,20,21);1H/b19-11+;. The van der Waals surface area contributed by atoms with Gasteiger partial charge in [-0.05, 0) is 25.3 Å². The topological polar surface area (TPSA) is 94.9 Å². The Bertz CT molecular complexity index is 627. The van der Waals surface area contributed by atoms with Crippen molar-refractivity contribution in [1.82, 2.24) is 15.4 Å². The van der Waals surface area contributed by atoms with Crippen molar-refractivity contribution in [3.8, 4) is 0 Å². The number of hydrogen-bond acceptors (Lipinski definition) is 4. The molecule has 0 aliphatic carbocycles. The second kappa shape index (κ2) is 9.81. The van der Waals surface area contributed by atoms with E-state index < -0.39 is 0 Å². The SMILES string of the molecule is [Cl-].[NH3+]CCCCCC(=O)N/N=C/c1cccc2nccnc12. The van der Waals surface area contributed by atoms with Crippen molar-refractivity contribution in [2.24, 2.45) is 5.10 Å². The molecule has 4 N–H and O–H groups in total. The highest BCUT2D eigenvalue weighted by Crippen LogP contribution is 2.11. The summed E-state index contributed by atoms with van der Waals surface area (Å²) < 4.78 is 0. The minimum atomic E-state index is -0.0679. The third-order valence-corrected chi connectivity index (χ3v) is 3.08. The Hall–Kier alpha value is -2.05. The lowest BCUT2D eigenvalue weighted by molar-refractivity contribution is -0.368. The summed E-state index contributed by atoms with van der Waals surface area (Å²) in [6.45, 7) is 0.919. The third-order valence-electron chi connectivity index (χ3n) is 3.08. The highest BCUT2D eigenvalue weighted by atomic mass is 35.5. The highest BCUT2D eigenvalue weighted by molar-refractivity contribution is 5.96. The van der Waals surface area contributed by atoms with E-state index >= 15 is 0 Å². The number of unbranched alkanes of at least 4 members (excludes halogenated alkanes) is 2. The number of aromatic nitrogens is 2. The lowest BCUT2D eigenvalue weighted by Gasteiger charge is -2.01. The molecule has 0 radical (unpaired) electrons. The smallest absolute Gasteiger partial charge is 0.240 e. The summed E-state index contributed by atoms with van der Waals surface area (Å²) in [5, 5.41) is 3.99. The van der Waals surface area contributed by atoms with E-state index in [-0.39, 0.29) is 18.3 Å². The second-order valence-electron chi connectivity index (χ2n) is 4.73. The van der Waals surface area contributed by atoms with Gasteiger partial charge in [-0.3, -0.25) is 14.8 Å². The monoisotopic (exact) mass is 321 g/mol. The number of nitrogens with zero attached hydrogens (tertiary/aromatic N) is 3. The molecule has 0 saturated carbocycles. The molecule has 22 heavy (non-hydrogen) atoms. The number of fused-ring (bicyclic) bond motifs is 1. The minimum Gasteiger partial charge on any atom is -1.00 e. The van der Waals surface area contributed by atoms with E-state index in [9.17, 15) is 4.79 Å². The van der Waals surface area contributed by atoms with Crippen molar-refractivity contribution in [3.63, 3.8) is 0 Å². The average molecular weight is 322 g/mol. The van der Waals surface area contributed by atoms with E-state index in [4.69, 9.17) is 0 Å². The second-order valence-corrected chi connectivity index (χ2v) is 4.73. The summed E-state index contributed by atoms with van der Waals surface area (Å²) in [6.07, 6.45) is 8.34. The number of rotatable bonds is 7. The number of nitrogens with one attached hydrogen (secondary N) is 1. The summed E-state index contributed by atoms with van der Waals surface area (Å²) in [5.74, 6) is -0.0679. The summed E-state index contributed by atoms with van der Waals surface area (Å²) >= 11 is 0. The van der Waals surface area contributed by atoms with Crippen LogP contribution >= 0.6 is 0 Å². The molecule has 0 spiro atoms. The van der Waals surface area contributed by atoms with E-state index in [1.807, 2.05) is 18.2 Å². The Balaban J connectivity index is 0.00000242. The summed E-state index contributed by atoms with van der Waals surface area (Å²) in [7, 11) is 0. The Morgan fingerprint density at radius 3 is 2.86 bits per heavy atom. The fraction of sp³-hybridized carbons (Fsp3) is 0.333. The first kappa shape index (κ1) is 18.0. The molecule has 1 heterocycles. The number of hydrazone groups is 1. The minimum absolute atomic E-state index is 0. The number of hydrogen-bond donors (Lipinski definition) is 2. The predicted molar refractivity (Wildman–Crippen MR) is 81.5 cm³/mol. The highest BCUT2D eigenvalue weighted by Gasteiger charge is 2.01. The van der Waals surface area contributed by atoms with Crippen LogP contribution in [0.15, 0.2) is 35.7 Å². The lowest BCUT2D eigenvalue weighted by atomic mass is 10.2. The van der Waals surface area contributed by atoms with Crippen LogP contribution in [0.25, 0.3) is 11.0 Å². The van der Waals surface area contributed by atoms with Crippen LogP contribution in [0.2, 0.25) is 0 Å². The van der Waals surface area contributed by atoms with Gasteiger partial charge in [-0.25, -0.2) is 5.43 Å². The van der Waals surface area contributed by atoms with Gasteiger partial charge in [0.15, 0.2) is 0 Å². The maximum Gasteiger partial charge on any atom is 0.240 e. The molecule has 0 bridgehead atoms. The number of benzene rings is 1. The largest absolute Gasteiger partial charge is 1.00 e. The summed E-state index contributed by atoms with van der Waals surface area (Å²) in [5.41, 5.74) is 8.72. The zero-order valence-corrected chi connectivity index (χ0v) is 13.1. The maximum absolute atomic E-state index is 11.6. The fourth-order valence-electron chi connectivity index (χ4n) is 1.99. The number of quaternary nitrogens is 1. The molecule has 1 aromatic heterocycles. The van der Waals surface area contributed by atoms with Gasteiger partial charge in [0.2, 0.25) is 5.91 Å². The van der Waals surface area contributed by atoms with Gasteiger partial charge >= 0.3 is 0 Å². The van der Waals surface area contributed by atoms with Crippen LogP contribution < -0.4 is 23.6 Å². The van der Waals surface area contributed by atoms with Crippen LogP contribution in [0, 0.1) is 0 Å². The molecule has 0 saturated heterocycles. The first-order valence-electron chi connectivity index (χ1n) is 7.12. The van der Waals surface area contributed by atoms with Crippen LogP contribution in [-0.4, -0.2) is 28.6 Å². The summed E-state index contributed by atoms with van der Waals surface area (Å²) in [6, 6.07) is 5.67. The van der Waals surface area contributed by atoms with Gasteiger partial charge in [-0.2, -0.15) is 5.10 Å². The van der Waals surface area contributed by atoms with E-state index in [1.165, 1.54) is 0 Å². The van der Waals surface area contributed by atoms with E-state index in [1.54, 1.807) is 18.6 Å². The van der Waals surface area contributed by atoms with Gasteiger partial charge < -0.3 is 18.1 Å². The Labute approximate surface area is 135 Å². The van der Waals surface area contributed by atoms with Gasteiger partial charge in [-0.15, -0.1) is 0 Å². The van der Waals surface area contributed by atoms with Gasteiger partial charge in [0.1, 0.15) is 0 Å². The van der Waals surface area contributed by atoms with Gasteiger partial charge in [0, 0.05) is 24.4 Å². The Morgan fingerprint density at radius 1 is 1.23 bits per heavy atom. The molecule has 0 aliphatic heterocycles. The van der Waals surface area contributed by atoms with Crippen LogP contribution in [0.1, 0.15) is 31.2 Å². The zero-order valence-electron chi connectivity index (χ0n) is 12.3. The van der Waals surface area contributed by atoms with Crippen molar-refractivity contribution in [2.75, 3.05) is 6.54 Å². The molecule has 0 fully saturated rings.